The second kappa shape index (κ2) is 12.7. The fraction of sp³-hybridized carbons (Fsp3) is 0.391. The molecule has 2 aromatic rings. The normalized spacial score (nSPS) is 11.5. The van der Waals surface area contributed by atoms with Crippen LogP contribution in [0.25, 0.3) is 0 Å². The number of nitro groups is 1. The van der Waals surface area contributed by atoms with Crippen LogP contribution in [0, 0.1) is 10.1 Å². The van der Waals surface area contributed by atoms with Crippen LogP contribution in [-0.2, 0) is 20.7 Å². The zero-order chi connectivity index (χ0) is 23.5. The van der Waals surface area contributed by atoms with Crippen molar-refractivity contribution >= 4 is 29.4 Å². The molecule has 0 aliphatic rings. The fourth-order valence-corrected chi connectivity index (χ4v) is 4.15. The molecule has 0 aliphatic carbocycles. The van der Waals surface area contributed by atoms with Gasteiger partial charge in [-0.25, -0.2) is 4.79 Å². The van der Waals surface area contributed by atoms with E-state index in [1.807, 2.05) is 24.3 Å². The highest BCUT2D eigenvalue weighted by Crippen LogP contribution is 2.35. The van der Waals surface area contributed by atoms with Gasteiger partial charge in [-0.1, -0.05) is 12.1 Å². The molecule has 9 heteroatoms. The summed E-state index contributed by atoms with van der Waals surface area (Å²) >= 11 is 1.08. The Morgan fingerprint density at radius 3 is 2.34 bits per heavy atom. The van der Waals surface area contributed by atoms with Crippen molar-refractivity contribution in [3.8, 4) is 5.75 Å². The Balaban J connectivity index is 2.15. The first kappa shape index (κ1) is 25.2. The number of hydrogen-bond donors (Lipinski definition) is 0. The van der Waals surface area contributed by atoms with Crippen LogP contribution in [0.15, 0.2) is 47.4 Å². The number of ether oxygens (including phenoxy) is 3. The molecule has 0 heterocycles. The number of esters is 2. The van der Waals surface area contributed by atoms with Crippen molar-refractivity contribution in [2.24, 2.45) is 0 Å². The van der Waals surface area contributed by atoms with Crippen molar-refractivity contribution < 1.29 is 28.7 Å². The summed E-state index contributed by atoms with van der Waals surface area (Å²) in [5.41, 5.74) is 0.947. The number of hydrogen-bond acceptors (Lipinski definition) is 8. The molecular formula is C23H27NO7S. The SMILES string of the molecule is CCOC(=O)c1ccc(S[C@@H](CCCc2ccc(OC)cc2)C(=O)OCC)c([N+](=O)[O-])c1. The van der Waals surface area contributed by atoms with Crippen LogP contribution < -0.4 is 4.74 Å². The third-order valence-corrected chi connectivity index (χ3v) is 5.89. The molecule has 2 rings (SSSR count). The number of methoxy groups -OCH3 is 1. The molecule has 0 fully saturated rings. The van der Waals surface area contributed by atoms with Gasteiger partial charge in [0, 0.05) is 6.07 Å². The molecule has 0 amide bonds. The first-order valence-corrected chi connectivity index (χ1v) is 11.2. The molecule has 8 nitrogen and oxygen atoms in total. The lowest BCUT2D eigenvalue weighted by atomic mass is 10.1. The van der Waals surface area contributed by atoms with Crippen LogP contribution in [-0.4, -0.2) is 42.4 Å². The highest BCUT2D eigenvalue weighted by Gasteiger charge is 2.26. The van der Waals surface area contributed by atoms with Crippen molar-refractivity contribution in [2.75, 3.05) is 20.3 Å². The van der Waals surface area contributed by atoms with Gasteiger partial charge in [0.15, 0.2) is 0 Å². The molecule has 0 spiro atoms. The molecule has 0 unspecified atom stereocenters. The van der Waals surface area contributed by atoms with Gasteiger partial charge in [0.1, 0.15) is 11.0 Å². The van der Waals surface area contributed by atoms with Crippen molar-refractivity contribution in [2.45, 2.75) is 43.3 Å². The molecule has 0 N–H and O–H groups in total. The van der Waals surface area contributed by atoms with Gasteiger partial charge in [-0.05, 0) is 62.9 Å². The minimum Gasteiger partial charge on any atom is -0.497 e. The van der Waals surface area contributed by atoms with Crippen molar-refractivity contribution in [3.05, 3.63) is 63.7 Å². The number of aryl methyl sites for hydroxylation is 1. The summed E-state index contributed by atoms with van der Waals surface area (Å²) in [6.07, 6.45) is 1.91. The van der Waals surface area contributed by atoms with Crippen LogP contribution in [0.4, 0.5) is 5.69 Å². The maximum Gasteiger partial charge on any atom is 0.338 e. The number of thioether (sulfide) groups is 1. The van der Waals surface area contributed by atoms with Crippen molar-refractivity contribution in [3.63, 3.8) is 0 Å². The summed E-state index contributed by atoms with van der Waals surface area (Å²) in [4.78, 5) is 35.8. The predicted molar refractivity (Wildman–Crippen MR) is 121 cm³/mol. The molecule has 0 aromatic heterocycles. The van der Waals surface area contributed by atoms with Crippen LogP contribution in [0.2, 0.25) is 0 Å². The largest absolute Gasteiger partial charge is 0.497 e. The Morgan fingerprint density at radius 1 is 1.06 bits per heavy atom. The number of rotatable bonds is 12. The molecule has 0 radical (unpaired) electrons. The topological polar surface area (TPSA) is 105 Å². The van der Waals surface area contributed by atoms with E-state index in [-0.39, 0.29) is 24.5 Å². The molecule has 0 saturated carbocycles. The van der Waals surface area contributed by atoms with Crippen LogP contribution in [0.5, 0.6) is 5.75 Å². The van der Waals surface area contributed by atoms with E-state index in [2.05, 4.69) is 0 Å². The van der Waals surface area contributed by atoms with Crippen LogP contribution in [0.1, 0.15) is 42.6 Å². The zero-order valence-corrected chi connectivity index (χ0v) is 19.2. The van der Waals surface area contributed by atoms with E-state index < -0.39 is 22.1 Å². The van der Waals surface area contributed by atoms with Gasteiger partial charge in [0.05, 0.1) is 35.7 Å². The number of carbonyl (C=O) groups is 2. The van der Waals surface area contributed by atoms with Gasteiger partial charge in [-0.15, -0.1) is 11.8 Å². The number of nitrogens with zero attached hydrogens (tertiary/aromatic N) is 1. The number of nitro benzene ring substituents is 1. The first-order chi connectivity index (χ1) is 15.4. The molecule has 2 aromatic carbocycles. The van der Waals surface area contributed by atoms with Gasteiger partial charge in [-0.3, -0.25) is 14.9 Å². The third kappa shape index (κ3) is 7.26. The standard InChI is InChI=1S/C23H27NO7S/c1-4-30-22(25)17-11-14-20(19(15-17)24(27)28)32-21(23(26)31-5-2)8-6-7-16-9-12-18(29-3)13-10-16/h9-15,21H,4-8H2,1-3H3/t21-/m0/s1. The van der Waals surface area contributed by atoms with Gasteiger partial charge in [-0.2, -0.15) is 0 Å². The van der Waals surface area contributed by atoms with Gasteiger partial charge in [0.25, 0.3) is 5.69 Å². The average molecular weight is 462 g/mol. The van der Waals surface area contributed by atoms with E-state index in [9.17, 15) is 19.7 Å². The lowest BCUT2D eigenvalue weighted by molar-refractivity contribution is -0.387. The van der Waals surface area contributed by atoms with Crippen LogP contribution >= 0.6 is 11.8 Å². The maximum atomic E-state index is 12.5. The highest BCUT2D eigenvalue weighted by atomic mass is 32.2. The summed E-state index contributed by atoms with van der Waals surface area (Å²) in [6, 6.07) is 11.8. The van der Waals surface area contributed by atoms with E-state index in [1.165, 1.54) is 18.2 Å². The van der Waals surface area contributed by atoms with Crippen molar-refractivity contribution in [1.82, 2.24) is 0 Å². The Bertz CT molecular complexity index is 930. The molecule has 172 valence electrons. The summed E-state index contributed by atoms with van der Waals surface area (Å²) in [5.74, 6) is -0.281. The van der Waals surface area contributed by atoms with Gasteiger partial charge >= 0.3 is 11.9 Å². The summed E-state index contributed by atoms with van der Waals surface area (Å²) in [6.45, 7) is 3.76. The smallest absolute Gasteiger partial charge is 0.338 e. The lowest BCUT2D eigenvalue weighted by Gasteiger charge is -2.16. The quantitative estimate of drug-likeness (QED) is 0.192. The molecule has 0 saturated heterocycles. The average Bonchev–Trinajstić information content (AvgIpc) is 2.79. The van der Waals surface area contributed by atoms with E-state index >= 15 is 0 Å². The second-order valence-electron chi connectivity index (χ2n) is 6.76. The van der Waals surface area contributed by atoms with Crippen molar-refractivity contribution in [1.29, 1.82) is 0 Å². The highest BCUT2D eigenvalue weighted by molar-refractivity contribution is 8.00. The van der Waals surface area contributed by atoms with E-state index in [4.69, 9.17) is 14.2 Å². The second-order valence-corrected chi connectivity index (χ2v) is 8.00. The molecular weight excluding hydrogens is 434 g/mol. The molecule has 32 heavy (non-hydrogen) atoms. The summed E-state index contributed by atoms with van der Waals surface area (Å²) in [7, 11) is 1.61. The molecule has 0 bridgehead atoms. The van der Waals surface area contributed by atoms with Gasteiger partial charge < -0.3 is 14.2 Å². The summed E-state index contributed by atoms with van der Waals surface area (Å²) in [5, 5.41) is 11.0. The number of benzene rings is 2. The Kier molecular flexibility index (Phi) is 10.0. The Labute approximate surface area is 191 Å². The monoisotopic (exact) mass is 461 g/mol. The van der Waals surface area contributed by atoms with E-state index in [1.54, 1.807) is 21.0 Å². The minimum absolute atomic E-state index is 0.0927. The Morgan fingerprint density at radius 2 is 1.75 bits per heavy atom. The fourth-order valence-electron chi connectivity index (χ4n) is 3.00. The number of carbonyl (C=O) groups excluding carboxylic acids is 2. The minimum atomic E-state index is -0.631. The molecule has 0 aliphatic heterocycles. The van der Waals surface area contributed by atoms with Crippen LogP contribution in [0.3, 0.4) is 0 Å². The zero-order valence-electron chi connectivity index (χ0n) is 18.4. The van der Waals surface area contributed by atoms with Gasteiger partial charge in [0.2, 0.25) is 0 Å². The van der Waals surface area contributed by atoms with E-state index in [0.717, 1.165) is 29.5 Å². The first-order valence-electron chi connectivity index (χ1n) is 10.3. The predicted octanol–water partition coefficient (Wildman–Crippen LogP) is 4.83. The molecule has 1 atom stereocenters. The van der Waals surface area contributed by atoms with E-state index in [0.29, 0.717) is 17.7 Å². The lowest BCUT2D eigenvalue weighted by Crippen LogP contribution is -2.20. The summed E-state index contributed by atoms with van der Waals surface area (Å²) < 4.78 is 15.3. The Hall–Kier alpha value is -3.07. The third-order valence-electron chi connectivity index (χ3n) is 4.58. The maximum absolute atomic E-state index is 12.5.